The maximum Gasteiger partial charge on any atom is 0.647 e. The van der Waals surface area contributed by atoms with E-state index in [0.29, 0.717) is 32.3 Å². The zero-order valence-electron chi connectivity index (χ0n) is 28.3. The van der Waals surface area contributed by atoms with E-state index in [1.807, 2.05) is 0 Å². The molecule has 6 heterocycles. The lowest BCUT2D eigenvalue weighted by Gasteiger charge is -2.24. The Labute approximate surface area is 310 Å². The third kappa shape index (κ3) is 7.41. The van der Waals surface area contributed by atoms with Crippen LogP contribution >= 0.6 is 7.82 Å². The standard InChI is InChI=1S/C27H36N9O19P/c28-19-7(1-34(25(46)31-19)22-16(43)13(40)10(4-37)50-22)53-56(49,54-8-2-35(26(47)32-20(8)29)23-17(44)14(41)11(5-38)51-23)55-9-3-36(27(48)33-21(9)30)24-18(45)15(42)12(6-39)52-24/h1-3,10-18,22-24,37-45H,4-6H2,(H2,28,31,46)(H2,29,32,47)(H2,30,33,48)/t10-,11-,12-,13-,14-,15-,16-,17-,18-,22?,23?,24?,56?/m1/s1. The van der Waals surface area contributed by atoms with Gasteiger partial charge in [0.15, 0.2) is 53.4 Å². The Kier molecular flexibility index (Phi) is 11.4. The highest BCUT2D eigenvalue weighted by molar-refractivity contribution is 7.49. The van der Waals surface area contributed by atoms with Crippen LogP contribution in [-0.2, 0) is 18.8 Å². The first-order valence-corrected chi connectivity index (χ1v) is 17.6. The zero-order valence-corrected chi connectivity index (χ0v) is 29.1. The van der Waals surface area contributed by atoms with Crippen molar-refractivity contribution >= 4 is 25.3 Å². The molecule has 308 valence electrons. The van der Waals surface area contributed by atoms with Crippen LogP contribution in [0.25, 0.3) is 0 Å². The lowest BCUT2D eigenvalue weighted by Crippen LogP contribution is -2.36. The molecule has 0 bridgehead atoms. The molecule has 3 aromatic heterocycles. The number of nitrogens with two attached hydrogens (primary N) is 3. The number of aliphatic hydroxyl groups is 9. The molecule has 0 radical (unpaired) electrons. The van der Waals surface area contributed by atoms with Crippen LogP contribution in [0.5, 0.6) is 17.2 Å². The SMILES string of the molecule is Nc1nc(=O)n(C2O[C@H](CO)[C@@H](O)[C@H]2O)cc1OP(=O)(Oc1cn(C2O[C@H](CO)[C@@H](O)[C@H]2O)c(=O)nc1N)Oc1cn(C2O[C@H](CO)[C@@H](O)[C@H]2O)c(=O)nc1N. The van der Waals surface area contributed by atoms with Crippen molar-refractivity contribution < 1.29 is 78.3 Å². The first kappa shape index (κ1) is 40.8. The quantitative estimate of drug-likeness (QED) is 0.0755. The monoisotopic (exact) mass is 821 g/mol. The van der Waals surface area contributed by atoms with Crippen LogP contribution in [0.15, 0.2) is 33.0 Å². The Hall–Kier alpha value is -4.81. The minimum atomic E-state index is -5.59. The predicted octanol–water partition coefficient (Wildman–Crippen LogP) is -7.42. The van der Waals surface area contributed by atoms with E-state index in [0.717, 1.165) is 0 Å². The first-order valence-electron chi connectivity index (χ1n) is 16.1. The van der Waals surface area contributed by atoms with Crippen molar-refractivity contribution in [3.8, 4) is 17.2 Å². The predicted molar refractivity (Wildman–Crippen MR) is 177 cm³/mol. The smallest absolute Gasteiger partial charge is 0.394 e. The maximum absolute atomic E-state index is 14.7. The van der Waals surface area contributed by atoms with Gasteiger partial charge in [-0.05, 0) is 0 Å². The molecule has 0 aliphatic carbocycles. The van der Waals surface area contributed by atoms with Crippen LogP contribution in [0.3, 0.4) is 0 Å². The summed E-state index contributed by atoms with van der Waals surface area (Å²) >= 11 is 0. The highest BCUT2D eigenvalue weighted by Crippen LogP contribution is 2.52. The number of anilines is 3. The molecule has 0 saturated carbocycles. The van der Waals surface area contributed by atoms with Gasteiger partial charge in [-0.1, -0.05) is 0 Å². The van der Waals surface area contributed by atoms with E-state index in [2.05, 4.69) is 15.0 Å². The van der Waals surface area contributed by atoms with E-state index in [9.17, 15) is 64.9 Å². The van der Waals surface area contributed by atoms with Gasteiger partial charge in [-0.15, -0.1) is 0 Å². The highest BCUT2D eigenvalue weighted by Gasteiger charge is 2.47. The Bertz CT molecular complexity index is 1940. The molecule has 0 amide bonds. The van der Waals surface area contributed by atoms with Gasteiger partial charge in [0, 0.05) is 0 Å². The van der Waals surface area contributed by atoms with Gasteiger partial charge in [0.25, 0.3) is 0 Å². The third-order valence-electron chi connectivity index (χ3n) is 8.84. The normalized spacial score (nSPS) is 32.7. The van der Waals surface area contributed by atoms with Crippen molar-refractivity contribution in [3.05, 3.63) is 50.0 Å². The molecular formula is C27H36N9O19P. The molecule has 56 heavy (non-hydrogen) atoms. The minimum absolute atomic E-state index is 0.537. The van der Waals surface area contributed by atoms with Gasteiger partial charge < -0.3 is 90.9 Å². The summed E-state index contributed by atoms with van der Waals surface area (Å²) in [6.07, 6.45) is -17.8. The minimum Gasteiger partial charge on any atom is -0.394 e. The Morgan fingerprint density at radius 1 is 0.536 bits per heavy atom. The van der Waals surface area contributed by atoms with E-state index in [-0.39, 0.29) is 0 Å². The summed E-state index contributed by atoms with van der Waals surface area (Å²) in [5.74, 6) is -4.94. The molecular weight excluding hydrogens is 785 g/mol. The van der Waals surface area contributed by atoms with Crippen molar-refractivity contribution in [2.24, 2.45) is 0 Å². The van der Waals surface area contributed by atoms with Crippen molar-refractivity contribution in [1.29, 1.82) is 0 Å². The molecule has 28 nitrogen and oxygen atoms in total. The summed E-state index contributed by atoms with van der Waals surface area (Å²) in [4.78, 5) is 49.1. The van der Waals surface area contributed by atoms with Gasteiger partial charge >= 0.3 is 24.9 Å². The van der Waals surface area contributed by atoms with Crippen LogP contribution < -0.4 is 47.8 Å². The average Bonchev–Trinajstić information content (AvgIpc) is 3.72. The highest BCUT2D eigenvalue weighted by atomic mass is 31.2. The van der Waals surface area contributed by atoms with E-state index < -0.39 is 153 Å². The molecule has 6 rings (SSSR count). The van der Waals surface area contributed by atoms with Gasteiger partial charge in [0.2, 0.25) is 0 Å². The molecule has 0 aromatic carbocycles. The third-order valence-corrected chi connectivity index (χ3v) is 10.1. The molecule has 29 heteroatoms. The van der Waals surface area contributed by atoms with Crippen LogP contribution in [0.1, 0.15) is 18.7 Å². The first-order chi connectivity index (χ1) is 26.4. The number of aromatic nitrogens is 6. The van der Waals surface area contributed by atoms with E-state index in [1.165, 1.54) is 0 Å². The van der Waals surface area contributed by atoms with Crippen molar-refractivity contribution in [1.82, 2.24) is 28.7 Å². The van der Waals surface area contributed by atoms with Gasteiger partial charge in [-0.2, -0.15) is 19.5 Å². The summed E-state index contributed by atoms with van der Waals surface area (Å²) in [5.41, 5.74) is 14.1. The van der Waals surface area contributed by atoms with E-state index in [1.54, 1.807) is 0 Å². The van der Waals surface area contributed by atoms with Gasteiger partial charge in [0.05, 0.1) is 38.4 Å². The number of hydrogen-bond donors (Lipinski definition) is 12. The number of ether oxygens (including phenoxy) is 3. The van der Waals surface area contributed by atoms with E-state index >= 15 is 0 Å². The topological polar surface area (TPSA) is 437 Å². The fourth-order valence-corrected chi connectivity index (χ4v) is 7.15. The fraction of sp³-hybridized carbons (Fsp3) is 0.556. The maximum atomic E-state index is 14.7. The lowest BCUT2D eigenvalue weighted by atomic mass is 10.1. The molecule has 3 saturated heterocycles. The van der Waals surface area contributed by atoms with Gasteiger partial charge in [-0.3, -0.25) is 13.7 Å². The number of nitrogen functional groups attached to an aromatic ring is 3. The number of phosphoric acid groups is 1. The molecule has 15 N–H and O–H groups in total. The molecule has 3 fully saturated rings. The summed E-state index contributed by atoms with van der Waals surface area (Å²) in [6, 6.07) is 0. The number of nitrogens with zero attached hydrogens (tertiary/aromatic N) is 6. The van der Waals surface area contributed by atoms with Crippen LogP contribution in [-0.4, -0.2) is 149 Å². The largest absolute Gasteiger partial charge is 0.647 e. The molecule has 3 unspecified atom stereocenters. The Morgan fingerprint density at radius 2 is 0.786 bits per heavy atom. The van der Waals surface area contributed by atoms with Crippen LogP contribution in [0.2, 0.25) is 0 Å². The fourth-order valence-electron chi connectivity index (χ4n) is 5.90. The summed E-state index contributed by atoms with van der Waals surface area (Å²) in [7, 11) is -5.59. The van der Waals surface area contributed by atoms with Crippen LogP contribution in [0, 0.1) is 0 Å². The number of aliphatic hydroxyl groups excluding tert-OH is 9. The zero-order chi connectivity index (χ0) is 41.0. The molecule has 12 atom stereocenters. The Morgan fingerprint density at radius 3 is 1.00 bits per heavy atom. The number of rotatable bonds is 12. The van der Waals surface area contributed by atoms with Crippen molar-refractivity contribution in [2.45, 2.75) is 73.6 Å². The molecule has 0 spiro atoms. The van der Waals surface area contributed by atoms with Crippen molar-refractivity contribution in [3.63, 3.8) is 0 Å². The summed E-state index contributed by atoms with van der Waals surface area (Å²) < 4.78 is 49.0. The van der Waals surface area contributed by atoms with E-state index in [4.69, 9.17) is 45.0 Å². The average molecular weight is 822 g/mol. The van der Waals surface area contributed by atoms with Gasteiger partial charge in [-0.25, -0.2) is 14.4 Å². The number of phosphoric ester groups is 1. The summed E-state index contributed by atoms with van der Waals surface area (Å²) in [6.45, 7) is -2.36. The summed E-state index contributed by atoms with van der Waals surface area (Å²) in [5, 5.41) is 90.8. The molecule has 3 aromatic rings. The second-order valence-corrected chi connectivity index (χ2v) is 13.9. The lowest BCUT2D eigenvalue weighted by molar-refractivity contribution is -0.0552. The van der Waals surface area contributed by atoms with Crippen molar-refractivity contribution in [2.75, 3.05) is 37.0 Å². The second kappa shape index (κ2) is 15.6. The second-order valence-electron chi connectivity index (χ2n) is 12.4. The number of hydrogen-bond acceptors (Lipinski definition) is 25. The van der Waals surface area contributed by atoms with Crippen LogP contribution in [0.4, 0.5) is 17.5 Å². The molecule has 3 aliphatic rings. The molecule has 3 aliphatic heterocycles. The Balaban J connectivity index is 1.44. The van der Waals surface area contributed by atoms with Gasteiger partial charge in [0.1, 0.15) is 54.9 Å².